The van der Waals surface area contributed by atoms with Crippen LogP contribution in [0, 0.1) is 0 Å². The molecule has 1 unspecified atom stereocenters. The Morgan fingerprint density at radius 3 is 2.56 bits per heavy atom. The van der Waals surface area contributed by atoms with Gasteiger partial charge in [-0.05, 0) is 37.1 Å². The molecular formula is C18H27N3O3S3. The molecule has 0 aliphatic rings. The van der Waals surface area contributed by atoms with E-state index < -0.39 is 0 Å². The van der Waals surface area contributed by atoms with Crippen LogP contribution >= 0.6 is 37.1 Å². The molecule has 0 radical (unpaired) electrons. The smallest absolute Gasteiger partial charge is 0.302 e. The fraction of sp³-hybridized carbons (Fsp3) is 0.500. The van der Waals surface area contributed by atoms with Gasteiger partial charge in [0.25, 0.3) is 0 Å². The Morgan fingerprint density at radius 1 is 1.19 bits per heavy atom. The molecule has 0 fully saturated rings. The largest absolute Gasteiger partial charge is 0.508 e. The van der Waals surface area contributed by atoms with Crippen LogP contribution in [0.4, 0.5) is 0 Å². The number of thiocarbonyl (C=S) groups is 2. The lowest BCUT2D eigenvalue weighted by Gasteiger charge is -2.15. The monoisotopic (exact) mass is 429 g/mol. The number of thiol groups is 1. The minimum atomic E-state index is -0.264. The summed E-state index contributed by atoms with van der Waals surface area (Å²) >= 11 is 15.1. The predicted molar refractivity (Wildman–Crippen MR) is 120 cm³/mol. The van der Waals surface area contributed by atoms with E-state index in [1.54, 1.807) is 24.3 Å². The zero-order valence-electron chi connectivity index (χ0n) is 15.4. The normalized spacial score (nSPS) is 11.5. The Morgan fingerprint density at radius 2 is 1.89 bits per heavy atom. The van der Waals surface area contributed by atoms with E-state index in [0.717, 1.165) is 36.4 Å². The summed E-state index contributed by atoms with van der Waals surface area (Å²) in [6.07, 6.45) is 2.25. The number of esters is 1. The molecule has 27 heavy (non-hydrogen) atoms. The molecule has 4 N–H and O–H groups in total. The maximum absolute atomic E-state index is 10.6. The molecule has 6 nitrogen and oxygen atoms in total. The Bertz CT molecular complexity index is 612. The van der Waals surface area contributed by atoms with Crippen LogP contribution < -0.4 is 16.0 Å². The maximum Gasteiger partial charge on any atom is 0.302 e. The Kier molecular flexibility index (Phi) is 12.0. The highest BCUT2D eigenvalue weighted by Crippen LogP contribution is 2.10. The lowest BCUT2D eigenvalue weighted by atomic mass is 10.2. The Labute approximate surface area is 176 Å². The van der Waals surface area contributed by atoms with Crippen molar-refractivity contribution >= 4 is 53.0 Å². The third-order valence-electron chi connectivity index (χ3n) is 3.51. The van der Waals surface area contributed by atoms with E-state index in [-0.39, 0.29) is 17.1 Å². The molecule has 0 heterocycles. The molecule has 0 amide bonds. The first-order valence-electron chi connectivity index (χ1n) is 8.77. The minimum absolute atomic E-state index is 0.0342. The standard InChI is InChI=1S/C18H27N3O3S3/c1-13(22)24-12-2-9-19-16(25)7-10-20-17(26)8-11-21-18(27)14-3-5-15(23)6-4-14/h3-6,17,20,23,26H,2,7-12H2,1H3,(H,19,25)(H,21,27). The van der Waals surface area contributed by atoms with Crippen molar-refractivity contribution in [3.63, 3.8) is 0 Å². The van der Waals surface area contributed by atoms with Crippen molar-refractivity contribution in [3.8, 4) is 5.75 Å². The summed E-state index contributed by atoms with van der Waals surface area (Å²) in [5.74, 6) is -0.0436. The third kappa shape index (κ3) is 11.8. The van der Waals surface area contributed by atoms with Crippen molar-refractivity contribution in [1.29, 1.82) is 0 Å². The molecule has 1 aromatic rings. The number of carbonyl (C=O) groups excluding carboxylic acids is 1. The lowest BCUT2D eigenvalue weighted by Crippen LogP contribution is -2.33. The highest BCUT2D eigenvalue weighted by atomic mass is 32.1. The molecule has 1 rings (SSSR count). The second-order valence-electron chi connectivity index (χ2n) is 5.85. The Hall–Kier alpha value is -1.42. The van der Waals surface area contributed by atoms with Crippen molar-refractivity contribution in [2.45, 2.75) is 31.6 Å². The van der Waals surface area contributed by atoms with Gasteiger partial charge < -0.3 is 25.8 Å². The fourth-order valence-corrected chi connectivity index (χ4v) is 2.80. The van der Waals surface area contributed by atoms with E-state index in [4.69, 9.17) is 29.2 Å². The maximum atomic E-state index is 10.6. The molecule has 0 saturated carbocycles. The van der Waals surface area contributed by atoms with Crippen LogP contribution in [0.2, 0.25) is 0 Å². The number of rotatable bonds is 12. The number of benzene rings is 1. The number of hydrogen-bond acceptors (Lipinski definition) is 7. The summed E-state index contributed by atoms with van der Waals surface area (Å²) in [5, 5.41) is 18.9. The fourth-order valence-electron chi connectivity index (χ4n) is 2.10. The van der Waals surface area contributed by atoms with Crippen molar-refractivity contribution in [3.05, 3.63) is 29.8 Å². The number of aromatic hydroxyl groups is 1. The number of carbonyl (C=O) groups is 1. The SMILES string of the molecule is CC(=O)OCCCNC(=S)CCNC(S)CCNC(=S)c1ccc(O)cc1. The van der Waals surface area contributed by atoms with Crippen LogP contribution in [-0.2, 0) is 9.53 Å². The third-order valence-corrected chi connectivity index (χ3v) is 4.68. The number of phenolic OH excluding ortho intramolecular Hbond substituents is 1. The molecule has 0 aliphatic heterocycles. The Balaban J connectivity index is 2.05. The molecular weight excluding hydrogens is 402 g/mol. The summed E-state index contributed by atoms with van der Waals surface area (Å²) < 4.78 is 4.85. The van der Waals surface area contributed by atoms with Crippen molar-refractivity contribution in [2.24, 2.45) is 0 Å². The van der Waals surface area contributed by atoms with E-state index in [2.05, 4.69) is 28.6 Å². The van der Waals surface area contributed by atoms with E-state index in [0.29, 0.717) is 24.7 Å². The van der Waals surface area contributed by atoms with Gasteiger partial charge in [0, 0.05) is 38.5 Å². The number of phenols is 1. The van der Waals surface area contributed by atoms with Crippen LogP contribution in [0.5, 0.6) is 5.75 Å². The van der Waals surface area contributed by atoms with Crippen LogP contribution in [0.15, 0.2) is 24.3 Å². The molecule has 9 heteroatoms. The van der Waals surface area contributed by atoms with Crippen molar-refractivity contribution in [1.82, 2.24) is 16.0 Å². The lowest BCUT2D eigenvalue weighted by molar-refractivity contribution is -0.140. The van der Waals surface area contributed by atoms with Gasteiger partial charge in [-0.2, -0.15) is 12.6 Å². The van der Waals surface area contributed by atoms with Crippen LogP contribution in [0.1, 0.15) is 31.7 Å². The van der Waals surface area contributed by atoms with Gasteiger partial charge >= 0.3 is 5.97 Å². The van der Waals surface area contributed by atoms with E-state index >= 15 is 0 Å². The van der Waals surface area contributed by atoms with Crippen molar-refractivity contribution in [2.75, 3.05) is 26.2 Å². The van der Waals surface area contributed by atoms with Gasteiger partial charge in [-0.1, -0.05) is 24.4 Å². The highest BCUT2D eigenvalue weighted by molar-refractivity contribution is 7.81. The van der Waals surface area contributed by atoms with Gasteiger partial charge in [-0.25, -0.2) is 0 Å². The summed E-state index contributed by atoms with van der Waals surface area (Å²) in [6, 6.07) is 6.78. The van der Waals surface area contributed by atoms with E-state index in [1.165, 1.54) is 6.92 Å². The molecule has 0 aliphatic carbocycles. The predicted octanol–water partition coefficient (Wildman–Crippen LogP) is 2.15. The minimum Gasteiger partial charge on any atom is -0.508 e. The molecule has 1 atom stereocenters. The average molecular weight is 430 g/mol. The molecule has 0 saturated heterocycles. The van der Waals surface area contributed by atoms with Crippen LogP contribution in [-0.4, -0.2) is 52.7 Å². The number of nitrogens with one attached hydrogen (secondary N) is 3. The van der Waals surface area contributed by atoms with Crippen molar-refractivity contribution < 1.29 is 14.6 Å². The zero-order valence-corrected chi connectivity index (χ0v) is 17.9. The van der Waals surface area contributed by atoms with Gasteiger partial charge in [-0.15, -0.1) is 0 Å². The number of ether oxygens (including phenoxy) is 1. The summed E-state index contributed by atoms with van der Waals surface area (Å²) in [5.41, 5.74) is 0.872. The molecule has 1 aromatic carbocycles. The molecule has 0 aromatic heterocycles. The quantitative estimate of drug-likeness (QED) is 0.114. The average Bonchev–Trinajstić information content (AvgIpc) is 2.61. The van der Waals surface area contributed by atoms with Gasteiger partial charge in [0.1, 0.15) is 10.7 Å². The second kappa shape index (κ2) is 13.7. The summed E-state index contributed by atoms with van der Waals surface area (Å²) in [6.45, 7) is 3.91. The topological polar surface area (TPSA) is 82.6 Å². The summed E-state index contributed by atoms with van der Waals surface area (Å²) in [7, 11) is 0. The first kappa shape index (κ1) is 23.6. The first-order chi connectivity index (χ1) is 12.9. The van der Waals surface area contributed by atoms with Gasteiger partial charge in [0.15, 0.2) is 0 Å². The van der Waals surface area contributed by atoms with Gasteiger partial charge in [0.2, 0.25) is 0 Å². The van der Waals surface area contributed by atoms with E-state index in [9.17, 15) is 9.90 Å². The highest BCUT2D eigenvalue weighted by Gasteiger charge is 2.05. The molecule has 150 valence electrons. The van der Waals surface area contributed by atoms with Gasteiger partial charge in [0.05, 0.1) is 17.0 Å². The molecule has 0 bridgehead atoms. The van der Waals surface area contributed by atoms with Crippen LogP contribution in [0.25, 0.3) is 0 Å². The van der Waals surface area contributed by atoms with Crippen LogP contribution in [0.3, 0.4) is 0 Å². The van der Waals surface area contributed by atoms with Gasteiger partial charge in [-0.3, -0.25) is 4.79 Å². The second-order valence-corrected chi connectivity index (χ2v) is 7.38. The van der Waals surface area contributed by atoms with E-state index in [1.807, 2.05) is 0 Å². The molecule has 0 spiro atoms. The number of hydrogen-bond donors (Lipinski definition) is 5. The first-order valence-corrected chi connectivity index (χ1v) is 10.1. The zero-order chi connectivity index (χ0) is 20.1. The summed E-state index contributed by atoms with van der Waals surface area (Å²) in [4.78, 5) is 12.1.